The predicted molar refractivity (Wildman–Crippen MR) is 101 cm³/mol. The smallest absolute Gasteiger partial charge is 0.236 e. The second-order valence-electron chi connectivity index (χ2n) is 5.52. The topological polar surface area (TPSA) is 80.7 Å². The maximum absolute atomic E-state index is 11.9. The number of hydrogen-bond acceptors (Lipinski definition) is 7. The van der Waals surface area contributed by atoms with E-state index in [1.165, 1.54) is 34.2 Å². The van der Waals surface area contributed by atoms with Crippen molar-refractivity contribution in [2.24, 2.45) is 0 Å². The van der Waals surface area contributed by atoms with Crippen molar-refractivity contribution < 1.29 is 4.79 Å². The van der Waals surface area contributed by atoms with Gasteiger partial charge in [0.05, 0.1) is 11.4 Å². The Hall–Kier alpha value is -2.32. The summed E-state index contributed by atoms with van der Waals surface area (Å²) in [6, 6.07) is 10.0. The summed E-state index contributed by atoms with van der Waals surface area (Å²) < 4.78 is 0. The van der Waals surface area contributed by atoms with Gasteiger partial charge in [0.25, 0.3) is 0 Å². The van der Waals surface area contributed by atoms with Gasteiger partial charge in [-0.05, 0) is 50.1 Å². The molecule has 6 nitrogen and oxygen atoms in total. The van der Waals surface area contributed by atoms with E-state index < -0.39 is 0 Å². The molecule has 0 aliphatic heterocycles. The number of carbonyl (C=O) groups is 1. The molecule has 8 heteroatoms. The molecule has 25 heavy (non-hydrogen) atoms. The fourth-order valence-corrected chi connectivity index (χ4v) is 3.32. The fraction of sp³-hybridized carbons (Fsp3) is 0.235. The number of amides is 1. The van der Waals surface area contributed by atoms with Gasteiger partial charge >= 0.3 is 0 Å². The Kier molecular flexibility index (Phi) is 5.40. The molecule has 0 spiro atoms. The van der Waals surface area contributed by atoms with Crippen molar-refractivity contribution in [3.05, 3.63) is 46.5 Å². The van der Waals surface area contributed by atoms with Crippen molar-refractivity contribution in [2.45, 2.75) is 25.8 Å². The van der Waals surface area contributed by atoms with Crippen LogP contribution in [0, 0.1) is 20.8 Å². The summed E-state index contributed by atoms with van der Waals surface area (Å²) >= 11 is 2.68. The second-order valence-corrected chi connectivity index (χ2v) is 7.70. The molecule has 3 aromatic rings. The Balaban J connectivity index is 1.58. The molecule has 0 radical (unpaired) electrons. The molecule has 0 aliphatic carbocycles. The second kappa shape index (κ2) is 7.71. The van der Waals surface area contributed by atoms with Crippen molar-refractivity contribution in [3.63, 3.8) is 0 Å². The number of rotatable bonds is 5. The molecule has 1 aromatic carbocycles. The molecule has 0 saturated carbocycles. The first-order valence-corrected chi connectivity index (χ1v) is 9.45. The molecule has 0 fully saturated rings. The average molecular weight is 371 g/mol. The number of anilines is 1. The third-order valence-corrected chi connectivity index (χ3v) is 5.24. The lowest BCUT2D eigenvalue weighted by atomic mass is 10.0. The molecule has 3 rings (SSSR count). The zero-order valence-electron chi connectivity index (χ0n) is 14.1. The van der Waals surface area contributed by atoms with Crippen LogP contribution in [0.15, 0.2) is 35.4 Å². The quantitative estimate of drug-likeness (QED) is 0.690. The number of thioether (sulfide) groups is 1. The number of nitrogens with one attached hydrogen (secondary N) is 1. The van der Waals surface area contributed by atoms with Gasteiger partial charge in [0, 0.05) is 5.56 Å². The number of benzene rings is 1. The van der Waals surface area contributed by atoms with Crippen LogP contribution >= 0.6 is 23.1 Å². The van der Waals surface area contributed by atoms with Gasteiger partial charge in [0.15, 0.2) is 0 Å². The van der Waals surface area contributed by atoms with Crippen LogP contribution in [0.2, 0.25) is 0 Å². The van der Waals surface area contributed by atoms with Crippen molar-refractivity contribution in [3.8, 4) is 11.3 Å². The molecule has 1 N–H and O–H groups in total. The lowest BCUT2D eigenvalue weighted by Crippen LogP contribution is -2.14. The summed E-state index contributed by atoms with van der Waals surface area (Å²) in [5.74, 6) is 0.109. The van der Waals surface area contributed by atoms with Crippen molar-refractivity contribution >= 4 is 34.1 Å². The van der Waals surface area contributed by atoms with Crippen LogP contribution in [0.1, 0.15) is 16.1 Å². The van der Waals surface area contributed by atoms with E-state index >= 15 is 0 Å². The summed E-state index contributed by atoms with van der Waals surface area (Å²) in [4.78, 5) is 11.9. The number of hydrogen-bond donors (Lipinski definition) is 1. The molecule has 2 aromatic heterocycles. The standard InChI is InChI=1S/C17H17N5OS2/c1-10-4-5-13(8-11(10)2)14-6-7-16(21-20-14)24-9-15(23)18-17-22-19-12(3)25-17/h4-8H,9H2,1-3H3,(H,18,22,23). The molecule has 0 saturated heterocycles. The maximum atomic E-state index is 11.9. The molecule has 0 aliphatic rings. The lowest BCUT2D eigenvalue weighted by Gasteiger charge is -2.05. The molecular weight excluding hydrogens is 354 g/mol. The highest BCUT2D eigenvalue weighted by Crippen LogP contribution is 2.22. The van der Waals surface area contributed by atoms with E-state index in [1.807, 2.05) is 25.1 Å². The van der Waals surface area contributed by atoms with Gasteiger partial charge in [0.2, 0.25) is 11.0 Å². The number of aromatic nitrogens is 4. The molecule has 1 amide bonds. The van der Waals surface area contributed by atoms with Gasteiger partial charge < -0.3 is 0 Å². The molecule has 0 bridgehead atoms. The zero-order valence-corrected chi connectivity index (χ0v) is 15.7. The third-order valence-electron chi connectivity index (χ3n) is 3.57. The van der Waals surface area contributed by atoms with E-state index in [-0.39, 0.29) is 11.7 Å². The Morgan fingerprint density at radius 3 is 2.52 bits per heavy atom. The predicted octanol–water partition coefficient (Wildman–Crippen LogP) is 3.65. The summed E-state index contributed by atoms with van der Waals surface area (Å²) in [6.07, 6.45) is 0. The van der Waals surface area contributed by atoms with Crippen LogP contribution in [0.25, 0.3) is 11.3 Å². The molecule has 2 heterocycles. The largest absolute Gasteiger partial charge is 0.300 e. The molecule has 0 atom stereocenters. The normalized spacial score (nSPS) is 10.7. The van der Waals surface area contributed by atoms with Crippen LogP contribution in [0.4, 0.5) is 5.13 Å². The van der Waals surface area contributed by atoms with Crippen LogP contribution < -0.4 is 5.32 Å². The SMILES string of the molecule is Cc1nnc(NC(=O)CSc2ccc(-c3ccc(C)c(C)c3)nn2)s1. The van der Waals surface area contributed by atoms with Crippen molar-refractivity contribution in [2.75, 3.05) is 11.1 Å². The summed E-state index contributed by atoms with van der Waals surface area (Å²) in [7, 11) is 0. The Morgan fingerprint density at radius 2 is 1.88 bits per heavy atom. The molecule has 0 unspecified atom stereocenters. The number of aryl methyl sites for hydroxylation is 3. The van der Waals surface area contributed by atoms with E-state index in [9.17, 15) is 4.79 Å². The first kappa shape index (κ1) is 17.5. The van der Waals surface area contributed by atoms with Gasteiger partial charge in [-0.1, -0.05) is 35.2 Å². The minimum absolute atomic E-state index is 0.138. The van der Waals surface area contributed by atoms with Gasteiger partial charge in [0.1, 0.15) is 10.0 Å². The first-order valence-electron chi connectivity index (χ1n) is 7.65. The van der Waals surface area contributed by atoms with Crippen LogP contribution in [0.5, 0.6) is 0 Å². The van der Waals surface area contributed by atoms with E-state index in [0.29, 0.717) is 10.2 Å². The minimum Gasteiger partial charge on any atom is -0.300 e. The molecule has 128 valence electrons. The highest BCUT2D eigenvalue weighted by Gasteiger charge is 2.09. The van der Waals surface area contributed by atoms with Gasteiger partial charge in [-0.3, -0.25) is 10.1 Å². The van der Waals surface area contributed by atoms with Gasteiger partial charge in [-0.2, -0.15) is 0 Å². The van der Waals surface area contributed by atoms with Crippen LogP contribution in [0.3, 0.4) is 0 Å². The van der Waals surface area contributed by atoms with E-state index in [2.05, 4.69) is 51.7 Å². The minimum atomic E-state index is -0.138. The van der Waals surface area contributed by atoms with E-state index in [4.69, 9.17) is 0 Å². The maximum Gasteiger partial charge on any atom is 0.236 e. The summed E-state index contributed by atoms with van der Waals surface area (Å²) in [5, 5.41) is 20.9. The summed E-state index contributed by atoms with van der Waals surface area (Å²) in [5.41, 5.74) is 4.33. The Bertz CT molecular complexity index is 892. The van der Waals surface area contributed by atoms with Crippen LogP contribution in [-0.4, -0.2) is 32.1 Å². The Morgan fingerprint density at radius 1 is 1.04 bits per heavy atom. The zero-order chi connectivity index (χ0) is 17.8. The number of nitrogens with zero attached hydrogens (tertiary/aromatic N) is 4. The van der Waals surface area contributed by atoms with Crippen molar-refractivity contribution in [1.82, 2.24) is 20.4 Å². The monoisotopic (exact) mass is 371 g/mol. The van der Waals surface area contributed by atoms with E-state index in [0.717, 1.165) is 16.3 Å². The summed E-state index contributed by atoms with van der Waals surface area (Å²) in [6.45, 7) is 6.00. The third kappa shape index (κ3) is 4.61. The first-order chi connectivity index (χ1) is 12.0. The molecular formula is C17H17N5OS2. The highest BCUT2D eigenvalue weighted by atomic mass is 32.2. The number of carbonyl (C=O) groups excluding carboxylic acids is 1. The van der Waals surface area contributed by atoms with Crippen LogP contribution in [-0.2, 0) is 4.79 Å². The van der Waals surface area contributed by atoms with Crippen molar-refractivity contribution in [1.29, 1.82) is 0 Å². The Labute approximate surface area is 154 Å². The van der Waals surface area contributed by atoms with E-state index in [1.54, 1.807) is 0 Å². The highest BCUT2D eigenvalue weighted by molar-refractivity contribution is 7.99. The van der Waals surface area contributed by atoms with Gasteiger partial charge in [-0.25, -0.2) is 0 Å². The van der Waals surface area contributed by atoms with Gasteiger partial charge in [-0.15, -0.1) is 20.4 Å². The lowest BCUT2D eigenvalue weighted by molar-refractivity contribution is -0.113. The fourth-order valence-electron chi connectivity index (χ4n) is 2.09. The average Bonchev–Trinajstić information content (AvgIpc) is 3.01.